The first kappa shape index (κ1) is 16.2. The molecule has 1 aliphatic heterocycles. The second-order valence-electron chi connectivity index (χ2n) is 5.06. The number of rotatable bonds is 5. The van der Waals surface area contributed by atoms with Gasteiger partial charge in [-0.1, -0.05) is 11.3 Å². The van der Waals surface area contributed by atoms with Crippen molar-refractivity contribution in [3.63, 3.8) is 0 Å². The minimum Gasteiger partial charge on any atom is -0.462 e. The van der Waals surface area contributed by atoms with Crippen LogP contribution in [0.2, 0.25) is 0 Å². The third-order valence-corrected chi connectivity index (χ3v) is 4.39. The first-order valence-electron chi connectivity index (χ1n) is 7.09. The summed E-state index contributed by atoms with van der Waals surface area (Å²) in [5, 5.41) is 0.840. The van der Waals surface area contributed by atoms with Gasteiger partial charge >= 0.3 is 5.97 Å². The summed E-state index contributed by atoms with van der Waals surface area (Å²) in [6, 6.07) is 0. The van der Waals surface area contributed by atoms with Gasteiger partial charge < -0.3 is 19.1 Å². The van der Waals surface area contributed by atoms with Crippen LogP contribution in [0.5, 0.6) is 0 Å². The minimum atomic E-state index is -0.298. The maximum absolute atomic E-state index is 11.9. The van der Waals surface area contributed by atoms with E-state index in [-0.39, 0.29) is 18.2 Å². The summed E-state index contributed by atoms with van der Waals surface area (Å²) in [6.45, 7) is 8.06. The van der Waals surface area contributed by atoms with Crippen molar-refractivity contribution in [2.45, 2.75) is 33.0 Å². The van der Waals surface area contributed by atoms with Crippen LogP contribution in [0.3, 0.4) is 0 Å². The summed E-state index contributed by atoms with van der Waals surface area (Å²) in [4.78, 5) is 19.1. The minimum absolute atomic E-state index is 0.0222. The second-order valence-corrected chi connectivity index (χ2v) is 6.04. The van der Waals surface area contributed by atoms with Crippen molar-refractivity contribution in [1.29, 1.82) is 0 Å². The lowest BCUT2D eigenvalue weighted by molar-refractivity contribution is -0.0511. The molecule has 0 N–H and O–H groups in total. The number of aryl methyl sites for hydroxylation is 1. The third-order valence-electron chi connectivity index (χ3n) is 3.20. The number of esters is 1. The highest BCUT2D eigenvalue weighted by Gasteiger charge is 2.28. The number of anilines is 1. The predicted octanol–water partition coefficient (Wildman–Crippen LogP) is 1.87. The van der Waals surface area contributed by atoms with Gasteiger partial charge in [0.15, 0.2) is 5.13 Å². The summed E-state index contributed by atoms with van der Waals surface area (Å²) in [6.07, 6.45) is 0.128. The molecule has 0 bridgehead atoms. The van der Waals surface area contributed by atoms with Gasteiger partial charge in [0, 0.05) is 20.2 Å². The molecule has 7 heteroatoms. The number of aromatic nitrogens is 1. The van der Waals surface area contributed by atoms with Gasteiger partial charge in [-0.15, -0.1) is 0 Å². The monoisotopic (exact) mass is 314 g/mol. The van der Waals surface area contributed by atoms with E-state index in [4.69, 9.17) is 14.2 Å². The van der Waals surface area contributed by atoms with Crippen molar-refractivity contribution in [3.8, 4) is 0 Å². The molecule has 1 aromatic rings. The lowest BCUT2D eigenvalue weighted by Crippen LogP contribution is -2.48. The van der Waals surface area contributed by atoms with Crippen molar-refractivity contribution in [2.24, 2.45) is 0 Å². The Kier molecular flexibility index (Phi) is 5.55. The van der Waals surface area contributed by atoms with E-state index < -0.39 is 0 Å². The smallest absolute Gasteiger partial charge is 0.350 e. The van der Waals surface area contributed by atoms with E-state index in [1.54, 1.807) is 14.0 Å². The van der Waals surface area contributed by atoms with Crippen LogP contribution in [-0.2, 0) is 14.2 Å². The highest BCUT2D eigenvalue weighted by Crippen LogP contribution is 2.29. The molecule has 21 heavy (non-hydrogen) atoms. The van der Waals surface area contributed by atoms with Gasteiger partial charge in [-0.25, -0.2) is 9.78 Å². The van der Waals surface area contributed by atoms with E-state index in [0.717, 1.165) is 17.4 Å². The zero-order valence-electron chi connectivity index (χ0n) is 12.9. The van der Waals surface area contributed by atoms with E-state index in [9.17, 15) is 4.79 Å². The highest BCUT2D eigenvalue weighted by atomic mass is 32.1. The lowest BCUT2D eigenvalue weighted by atomic mass is 10.2. The van der Waals surface area contributed by atoms with Crippen LogP contribution in [-0.4, -0.2) is 56.6 Å². The van der Waals surface area contributed by atoms with Gasteiger partial charge in [0.2, 0.25) is 0 Å². The molecule has 0 aliphatic carbocycles. The molecule has 1 fully saturated rings. The first-order chi connectivity index (χ1) is 10.0. The number of thiazole rings is 1. The van der Waals surface area contributed by atoms with Crippen molar-refractivity contribution >= 4 is 22.4 Å². The number of carbonyl (C=O) groups is 1. The average Bonchev–Trinajstić information content (AvgIpc) is 2.81. The van der Waals surface area contributed by atoms with Gasteiger partial charge in [-0.05, 0) is 20.8 Å². The topological polar surface area (TPSA) is 60.9 Å². The maximum Gasteiger partial charge on any atom is 0.350 e. The van der Waals surface area contributed by atoms with Crippen molar-refractivity contribution in [1.82, 2.24) is 4.98 Å². The Morgan fingerprint density at radius 3 is 2.95 bits per heavy atom. The van der Waals surface area contributed by atoms with Gasteiger partial charge in [0.05, 0.1) is 31.1 Å². The summed E-state index contributed by atoms with van der Waals surface area (Å²) in [7, 11) is 1.67. The molecule has 2 atom stereocenters. The summed E-state index contributed by atoms with van der Waals surface area (Å²) in [5.41, 5.74) is 0.718. The molecule has 0 radical (unpaired) electrons. The van der Waals surface area contributed by atoms with Gasteiger partial charge in [-0.2, -0.15) is 0 Å². The molecule has 0 spiro atoms. The highest BCUT2D eigenvalue weighted by molar-refractivity contribution is 7.17. The van der Waals surface area contributed by atoms with Crippen LogP contribution in [0.4, 0.5) is 5.13 Å². The molecule has 2 rings (SSSR count). The standard InChI is InChI=1S/C14H22N2O4S/c1-5-19-13(17)12-10(3)15-14(21-12)16-6-9(2)20-11(7-16)8-18-4/h9,11H,5-8H2,1-4H3. The van der Waals surface area contributed by atoms with Gasteiger partial charge in [0.25, 0.3) is 0 Å². The summed E-state index contributed by atoms with van der Waals surface area (Å²) < 4.78 is 16.0. The molecule has 1 aromatic heterocycles. The van der Waals surface area contributed by atoms with Crippen molar-refractivity contribution in [3.05, 3.63) is 10.6 Å². The Balaban J connectivity index is 2.13. The first-order valence-corrected chi connectivity index (χ1v) is 7.90. The van der Waals surface area contributed by atoms with E-state index >= 15 is 0 Å². The molecule has 1 aliphatic rings. The van der Waals surface area contributed by atoms with Crippen molar-refractivity contribution in [2.75, 3.05) is 38.3 Å². The molecular weight excluding hydrogens is 292 g/mol. The Bertz CT molecular complexity index is 491. The number of methoxy groups -OCH3 is 1. The number of nitrogens with zero attached hydrogens (tertiary/aromatic N) is 2. The summed E-state index contributed by atoms with van der Waals surface area (Å²) in [5.74, 6) is -0.298. The maximum atomic E-state index is 11.9. The fourth-order valence-electron chi connectivity index (χ4n) is 2.38. The Morgan fingerprint density at radius 2 is 2.29 bits per heavy atom. The second kappa shape index (κ2) is 7.20. The van der Waals surface area contributed by atoms with E-state index in [2.05, 4.69) is 9.88 Å². The van der Waals surface area contributed by atoms with E-state index in [1.807, 2.05) is 13.8 Å². The molecule has 118 valence electrons. The number of carbonyl (C=O) groups excluding carboxylic acids is 1. The molecule has 0 saturated carbocycles. The van der Waals surface area contributed by atoms with Crippen LogP contribution in [0.15, 0.2) is 0 Å². The van der Waals surface area contributed by atoms with Gasteiger partial charge in [-0.3, -0.25) is 0 Å². The molecule has 1 saturated heterocycles. The number of hydrogen-bond donors (Lipinski definition) is 0. The quantitative estimate of drug-likeness (QED) is 0.773. The fourth-order valence-corrected chi connectivity index (χ4v) is 3.36. The fraction of sp³-hybridized carbons (Fsp3) is 0.714. The largest absolute Gasteiger partial charge is 0.462 e. The number of hydrogen-bond acceptors (Lipinski definition) is 7. The zero-order valence-corrected chi connectivity index (χ0v) is 13.7. The molecule has 2 heterocycles. The van der Waals surface area contributed by atoms with Crippen LogP contribution in [0.1, 0.15) is 29.2 Å². The lowest BCUT2D eigenvalue weighted by Gasteiger charge is -2.36. The molecule has 6 nitrogen and oxygen atoms in total. The molecule has 2 unspecified atom stereocenters. The molecular formula is C14H22N2O4S. The Hall–Kier alpha value is -1.18. The summed E-state index contributed by atoms with van der Waals surface area (Å²) >= 11 is 1.38. The number of ether oxygens (including phenoxy) is 3. The Labute approximate surface area is 129 Å². The normalized spacial score (nSPS) is 22.4. The molecule has 0 aromatic carbocycles. The van der Waals surface area contributed by atoms with Crippen LogP contribution < -0.4 is 4.90 Å². The predicted molar refractivity (Wildman–Crippen MR) is 81.2 cm³/mol. The average molecular weight is 314 g/mol. The Morgan fingerprint density at radius 1 is 1.52 bits per heavy atom. The number of morpholine rings is 1. The van der Waals surface area contributed by atoms with E-state index in [1.165, 1.54) is 11.3 Å². The van der Waals surface area contributed by atoms with Crippen LogP contribution in [0.25, 0.3) is 0 Å². The van der Waals surface area contributed by atoms with Crippen molar-refractivity contribution < 1.29 is 19.0 Å². The third kappa shape index (κ3) is 3.93. The SMILES string of the molecule is CCOC(=O)c1sc(N2CC(C)OC(COC)C2)nc1C. The van der Waals surface area contributed by atoms with Gasteiger partial charge in [0.1, 0.15) is 4.88 Å². The zero-order chi connectivity index (χ0) is 15.4. The molecule has 0 amide bonds. The van der Waals surface area contributed by atoms with E-state index in [0.29, 0.717) is 24.6 Å². The van der Waals surface area contributed by atoms with Crippen LogP contribution >= 0.6 is 11.3 Å². The van der Waals surface area contributed by atoms with Crippen LogP contribution in [0, 0.1) is 6.92 Å².